The summed E-state index contributed by atoms with van der Waals surface area (Å²) in [5.41, 5.74) is 1.26. The number of aliphatic hydroxyl groups excluding tert-OH is 1. The summed E-state index contributed by atoms with van der Waals surface area (Å²) in [5, 5.41) is 8.71. The molecule has 0 atom stereocenters. The van der Waals surface area contributed by atoms with E-state index in [1.165, 1.54) is 5.56 Å². The predicted octanol–water partition coefficient (Wildman–Crippen LogP) is 2.90. The third kappa shape index (κ3) is 6.66. The SMILES string of the molecule is CC.CN(CCO)Cc1ccc(Br)cc1. The number of likely N-dealkylation sites (N-methyl/N-ethyl adjacent to an activating group) is 1. The molecule has 0 fully saturated rings. The number of halogens is 1. The van der Waals surface area contributed by atoms with E-state index in [4.69, 9.17) is 5.11 Å². The van der Waals surface area contributed by atoms with E-state index in [0.717, 1.165) is 17.6 Å². The molecule has 0 spiro atoms. The van der Waals surface area contributed by atoms with Gasteiger partial charge in [-0.05, 0) is 24.7 Å². The van der Waals surface area contributed by atoms with Crippen molar-refractivity contribution in [2.24, 2.45) is 0 Å². The summed E-state index contributed by atoms with van der Waals surface area (Å²) in [6, 6.07) is 8.22. The number of benzene rings is 1. The van der Waals surface area contributed by atoms with E-state index in [2.05, 4.69) is 33.0 Å². The van der Waals surface area contributed by atoms with Gasteiger partial charge in [-0.3, -0.25) is 4.90 Å². The molecule has 0 aromatic heterocycles. The normalized spacial score (nSPS) is 9.73. The number of rotatable bonds is 4. The van der Waals surface area contributed by atoms with Gasteiger partial charge in [-0.25, -0.2) is 0 Å². The average molecular weight is 274 g/mol. The van der Waals surface area contributed by atoms with Gasteiger partial charge in [0.25, 0.3) is 0 Å². The summed E-state index contributed by atoms with van der Waals surface area (Å²) in [5.74, 6) is 0. The first-order valence-corrected chi connectivity index (χ1v) is 6.05. The summed E-state index contributed by atoms with van der Waals surface area (Å²) in [6.07, 6.45) is 0. The summed E-state index contributed by atoms with van der Waals surface area (Å²) in [6.45, 7) is 5.82. The molecule has 1 N–H and O–H groups in total. The molecule has 0 saturated carbocycles. The third-order valence-electron chi connectivity index (χ3n) is 1.85. The Morgan fingerprint density at radius 3 is 2.20 bits per heavy atom. The van der Waals surface area contributed by atoms with Crippen molar-refractivity contribution in [3.05, 3.63) is 34.3 Å². The molecule has 86 valence electrons. The van der Waals surface area contributed by atoms with Crippen LogP contribution in [0.2, 0.25) is 0 Å². The standard InChI is InChI=1S/C10H14BrNO.C2H6/c1-12(6-7-13)8-9-2-4-10(11)5-3-9;1-2/h2-5,13H,6-8H2,1H3;1-2H3. The Kier molecular flexibility index (Phi) is 8.67. The van der Waals surface area contributed by atoms with Crippen LogP contribution in [0.15, 0.2) is 28.7 Å². The summed E-state index contributed by atoms with van der Waals surface area (Å²) in [4.78, 5) is 2.09. The highest BCUT2D eigenvalue weighted by atomic mass is 79.9. The van der Waals surface area contributed by atoms with Gasteiger partial charge in [0, 0.05) is 17.6 Å². The van der Waals surface area contributed by atoms with Crippen LogP contribution < -0.4 is 0 Å². The van der Waals surface area contributed by atoms with Crippen LogP contribution in [0.1, 0.15) is 19.4 Å². The molecule has 0 bridgehead atoms. The Labute approximate surface area is 101 Å². The van der Waals surface area contributed by atoms with Gasteiger partial charge in [0.05, 0.1) is 6.61 Å². The van der Waals surface area contributed by atoms with Crippen molar-refractivity contribution in [1.29, 1.82) is 0 Å². The van der Waals surface area contributed by atoms with Crippen LogP contribution >= 0.6 is 15.9 Å². The second-order valence-electron chi connectivity index (χ2n) is 3.09. The average Bonchev–Trinajstić information content (AvgIpc) is 2.25. The fourth-order valence-electron chi connectivity index (χ4n) is 1.15. The van der Waals surface area contributed by atoms with Crippen LogP contribution in [0.4, 0.5) is 0 Å². The topological polar surface area (TPSA) is 23.5 Å². The quantitative estimate of drug-likeness (QED) is 0.912. The highest BCUT2D eigenvalue weighted by Crippen LogP contribution is 2.11. The summed E-state index contributed by atoms with van der Waals surface area (Å²) in [7, 11) is 2.00. The number of hydrogen-bond acceptors (Lipinski definition) is 2. The number of nitrogens with zero attached hydrogens (tertiary/aromatic N) is 1. The van der Waals surface area contributed by atoms with Gasteiger partial charge in [0.1, 0.15) is 0 Å². The van der Waals surface area contributed by atoms with Gasteiger partial charge in [-0.2, -0.15) is 0 Å². The first-order valence-electron chi connectivity index (χ1n) is 5.26. The molecule has 0 aliphatic carbocycles. The number of hydrogen-bond donors (Lipinski definition) is 1. The lowest BCUT2D eigenvalue weighted by atomic mass is 10.2. The van der Waals surface area contributed by atoms with E-state index in [9.17, 15) is 0 Å². The van der Waals surface area contributed by atoms with Crippen LogP contribution in [0, 0.1) is 0 Å². The largest absolute Gasteiger partial charge is 0.395 e. The van der Waals surface area contributed by atoms with Gasteiger partial charge in [0.15, 0.2) is 0 Å². The Hall–Kier alpha value is -0.380. The lowest BCUT2D eigenvalue weighted by Crippen LogP contribution is -2.21. The van der Waals surface area contributed by atoms with Gasteiger partial charge in [0.2, 0.25) is 0 Å². The van der Waals surface area contributed by atoms with Gasteiger partial charge in [-0.1, -0.05) is 41.9 Å². The molecular formula is C12H20BrNO. The Balaban J connectivity index is 0.000000921. The zero-order chi connectivity index (χ0) is 11.7. The molecule has 1 aromatic carbocycles. The maximum Gasteiger partial charge on any atom is 0.0558 e. The van der Waals surface area contributed by atoms with Gasteiger partial charge < -0.3 is 5.11 Å². The fourth-order valence-corrected chi connectivity index (χ4v) is 1.42. The maximum atomic E-state index is 8.71. The molecule has 0 saturated heterocycles. The van der Waals surface area contributed by atoms with Crippen molar-refractivity contribution in [3.63, 3.8) is 0 Å². The zero-order valence-corrected chi connectivity index (χ0v) is 11.3. The van der Waals surface area contributed by atoms with Crippen molar-refractivity contribution < 1.29 is 5.11 Å². The van der Waals surface area contributed by atoms with Gasteiger partial charge in [-0.15, -0.1) is 0 Å². The van der Waals surface area contributed by atoms with Crippen molar-refractivity contribution >= 4 is 15.9 Å². The third-order valence-corrected chi connectivity index (χ3v) is 2.38. The molecular weight excluding hydrogens is 254 g/mol. The van der Waals surface area contributed by atoms with E-state index >= 15 is 0 Å². The smallest absolute Gasteiger partial charge is 0.0558 e. The molecule has 0 aliphatic rings. The highest BCUT2D eigenvalue weighted by Gasteiger charge is 1.98. The molecule has 0 aliphatic heterocycles. The first kappa shape index (κ1) is 14.6. The molecule has 15 heavy (non-hydrogen) atoms. The summed E-state index contributed by atoms with van der Waals surface area (Å²) >= 11 is 3.39. The Morgan fingerprint density at radius 2 is 1.73 bits per heavy atom. The monoisotopic (exact) mass is 273 g/mol. The fraction of sp³-hybridized carbons (Fsp3) is 0.500. The second kappa shape index (κ2) is 8.89. The van der Waals surface area contributed by atoms with Crippen LogP contribution in [-0.2, 0) is 6.54 Å². The van der Waals surface area contributed by atoms with Crippen LogP contribution in [-0.4, -0.2) is 30.2 Å². The van der Waals surface area contributed by atoms with E-state index in [1.54, 1.807) is 0 Å². The maximum absolute atomic E-state index is 8.71. The lowest BCUT2D eigenvalue weighted by molar-refractivity contribution is 0.217. The van der Waals surface area contributed by atoms with Crippen molar-refractivity contribution in [2.75, 3.05) is 20.2 Å². The zero-order valence-electron chi connectivity index (χ0n) is 9.70. The highest BCUT2D eigenvalue weighted by molar-refractivity contribution is 9.10. The molecule has 0 unspecified atom stereocenters. The predicted molar refractivity (Wildman–Crippen MR) is 68.9 cm³/mol. The molecule has 0 heterocycles. The molecule has 0 radical (unpaired) electrons. The Bertz CT molecular complexity index is 248. The molecule has 2 nitrogen and oxygen atoms in total. The minimum Gasteiger partial charge on any atom is -0.395 e. The van der Waals surface area contributed by atoms with Crippen molar-refractivity contribution in [1.82, 2.24) is 4.90 Å². The molecule has 1 aromatic rings. The minimum atomic E-state index is 0.215. The van der Waals surface area contributed by atoms with Crippen LogP contribution in [0.5, 0.6) is 0 Å². The summed E-state index contributed by atoms with van der Waals surface area (Å²) < 4.78 is 1.10. The van der Waals surface area contributed by atoms with Crippen molar-refractivity contribution in [2.45, 2.75) is 20.4 Å². The Morgan fingerprint density at radius 1 is 1.20 bits per heavy atom. The van der Waals surface area contributed by atoms with Crippen LogP contribution in [0.25, 0.3) is 0 Å². The lowest BCUT2D eigenvalue weighted by Gasteiger charge is -2.14. The number of aliphatic hydroxyl groups is 1. The second-order valence-corrected chi connectivity index (χ2v) is 4.00. The van der Waals surface area contributed by atoms with E-state index in [-0.39, 0.29) is 6.61 Å². The molecule has 3 heteroatoms. The minimum absolute atomic E-state index is 0.215. The van der Waals surface area contributed by atoms with Gasteiger partial charge >= 0.3 is 0 Å². The molecule has 1 rings (SSSR count). The van der Waals surface area contributed by atoms with E-state index in [0.29, 0.717) is 0 Å². The van der Waals surface area contributed by atoms with Crippen molar-refractivity contribution in [3.8, 4) is 0 Å². The molecule has 0 amide bonds. The van der Waals surface area contributed by atoms with Crippen LogP contribution in [0.3, 0.4) is 0 Å². The van der Waals surface area contributed by atoms with E-state index < -0.39 is 0 Å². The first-order chi connectivity index (χ1) is 7.22. The van der Waals surface area contributed by atoms with E-state index in [1.807, 2.05) is 33.0 Å².